The topological polar surface area (TPSA) is 12.4 Å². The molecule has 0 aromatic heterocycles. The molecule has 0 amide bonds. The Morgan fingerprint density at radius 2 is 1.77 bits per heavy atom. The van der Waals surface area contributed by atoms with Crippen LogP contribution in [0.2, 0.25) is 5.02 Å². The lowest BCUT2D eigenvalue weighted by atomic mass is 9.83. The van der Waals surface area contributed by atoms with Gasteiger partial charge in [-0.25, -0.2) is 0 Å². The Balaban J connectivity index is 1.94. The average Bonchev–Trinajstić information content (AvgIpc) is 2.64. The van der Waals surface area contributed by atoms with Gasteiger partial charge in [-0.15, -0.1) is 0 Å². The van der Waals surface area contributed by atoms with Crippen LogP contribution in [-0.4, -0.2) is 6.21 Å². The van der Waals surface area contributed by atoms with E-state index in [1.54, 1.807) is 0 Å². The second kappa shape index (κ2) is 7.82. The van der Waals surface area contributed by atoms with Crippen molar-refractivity contribution in [1.29, 1.82) is 0 Å². The van der Waals surface area contributed by atoms with Crippen LogP contribution < -0.4 is 0 Å². The lowest BCUT2D eigenvalue weighted by Crippen LogP contribution is -2.26. The summed E-state index contributed by atoms with van der Waals surface area (Å²) in [6, 6.07) is 18.5. The van der Waals surface area contributed by atoms with E-state index in [9.17, 15) is 0 Å². The molecule has 2 aromatic carbocycles. The Morgan fingerprint density at radius 1 is 1.08 bits per heavy atom. The number of allylic oxidation sites excluding steroid dienone is 4. The van der Waals surface area contributed by atoms with E-state index in [2.05, 4.69) is 62.5 Å². The van der Waals surface area contributed by atoms with Gasteiger partial charge in [0, 0.05) is 28.1 Å². The zero-order valence-corrected chi connectivity index (χ0v) is 16.6. The number of benzene rings is 2. The van der Waals surface area contributed by atoms with E-state index in [1.807, 2.05) is 30.4 Å². The molecule has 26 heavy (non-hydrogen) atoms. The van der Waals surface area contributed by atoms with Crippen molar-refractivity contribution in [3.05, 3.63) is 94.0 Å². The van der Waals surface area contributed by atoms with Crippen molar-refractivity contribution in [3.63, 3.8) is 0 Å². The van der Waals surface area contributed by atoms with Gasteiger partial charge >= 0.3 is 0 Å². The second-order valence-corrected chi connectivity index (χ2v) is 8.21. The molecule has 0 heterocycles. The molecule has 0 saturated heterocycles. The van der Waals surface area contributed by atoms with Gasteiger partial charge < -0.3 is 0 Å². The van der Waals surface area contributed by atoms with Crippen LogP contribution in [0.1, 0.15) is 31.4 Å². The molecule has 0 N–H and O–H groups in total. The normalized spacial score (nSPS) is 22.2. The number of rotatable bonds is 5. The Morgan fingerprint density at radius 3 is 2.38 bits per heavy atom. The van der Waals surface area contributed by atoms with E-state index in [0.717, 1.165) is 28.5 Å². The molecule has 1 aliphatic rings. The van der Waals surface area contributed by atoms with Crippen molar-refractivity contribution in [3.8, 4) is 0 Å². The predicted molar refractivity (Wildman–Crippen MR) is 113 cm³/mol. The molecule has 0 bridgehead atoms. The summed E-state index contributed by atoms with van der Waals surface area (Å²) >= 11 is 12.2. The zero-order chi connectivity index (χ0) is 18.6. The van der Waals surface area contributed by atoms with Gasteiger partial charge in [0.2, 0.25) is 0 Å². The maximum atomic E-state index is 6.09. The van der Waals surface area contributed by atoms with Crippen LogP contribution in [-0.2, 0) is 12.0 Å². The molecule has 0 aliphatic heterocycles. The van der Waals surface area contributed by atoms with Crippen LogP contribution >= 0.6 is 23.2 Å². The third-order valence-corrected chi connectivity index (χ3v) is 5.39. The predicted octanol–water partition coefficient (Wildman–Crippen LogP) is 6.96. The molecule has 1 nitrogen and oxygen atoms in total. The van der Waals surface area contributed by atoms with Gasteiger partial charge in [-0.3, -0.25) is 4.99 Å². The molecular weight excluding hydrogens is 361 g/mol. The summed E-state index contributed by atoms with van der Waals surface area (Å²) in [4.78, 5) is 5.08. The first-order chi connectivity index (χ1) is 12.4. The van der Waals surface area contributed by atoms with E-state index < -0.39 is 0 Å². The Bertz CT molecular complexity index is 836. The highest BCUT2D eigenvalue weighted by Gasteiger charge is 2.28. The Labute approximate surface area is 166 Å². The fourth-order valence-electron chi connectivity index (χ4n) is 3.13. The van der Waals surface area contributed by atoms with Crippen molar-refractivity contribution in [2.24, 2.45) is 10.4 Å². The van der Waals surface area contributed by atoms with Gasteiger partial charge in [-0.1, -0.05) is 84.7 Å². The maximum Gasteiger partial charge on any atom is 0.0865 e. The van der Waals surface area contributed by atoms with E-state index in [-0.39, 0.29) is 11.0 Å². The van der Waals surface area contributed by atoms with Gasteiger partial charge in [-0.2, -0.15) is 0 Å². The number of halogens is 2. The third kappa shape index (κ3) is 4.66. The first-order valence-electron chi connectivity index (χ1n) is 8.80. The van der Waals surface area contributed by atoms with Crippen LogP contribution in [0.5, 0.6) is 0 Å². The summed E-state index contributed by atoms with van der Waals surface area (Å²) in [5, 5.41) is 1.53. The minimum atomic E-state index is -0.367. The van der Waals surface area contributed by atoms with Crippen molar-refractivity contribution < 1.29 is 0 Å². The monoisotopic (exact) mass is 383 g/mol. The van der Waals surface area contributed by atoms with Crippen LogP contribution in [0.15, 0.2) is 82.9 Å². The maximum absolute atomic E-state index is 6.09. The smallest absolute Gasteiger partial charge is 0.0865 e. The highest BCUT2D eigenvalue weighted by Crippen LogP contribution is 2.34. The quantitative estimate of drug-likeness (QED) is 0.494. The first kappa shape index (κ1) is 18.9. The molecule has 134 valence electrons. The number of hydrogen-bond donors (Lipinski definition) is 0. The molecule has 0 saturated carbocycles. The summed E-state index contributed by atoms with van der Waals surface area (Å²) in [6.45, 7) is 4.36. The van der Waals surface area contributed by atoms with Crippen LogP contribution in [0.4, 0.5) is 0 Å². The number of hydrogen-bond acceptors (Lipinski definition) is 1. The van der Waals surface area contributed by atoms with Crippen molar-refractivity contribution >= 4 is 29.4 Å². The molecule has 2 unspecified atom stereocenters. The van der Waals surface area contributed by atoms with E-state index in [1.165, 1.54) is 5.56 Å². The Hall–Kier alpha value is -1.83. The number of aliphatic imine (C=N–C) groups is 1. The second-order valence-electron chi connectivity index (χ2n) is 7.33. The van der Waals surface area contributed by atoms with Crippen LogP contribution in [0, 0.1) is 5.41 Å². The molecule has 0 spiro atoms. The first-order valence-corrected chi connectivity index (χ1v) is 9.55. The Kier molecular flexibility index (Phi) is 5.70. The highest BCUT2D eigenvalue weighted by atomic mass is 35.5. The summed E-state index contributed by atoms with van der Waals surface area (Å²) in [5.41, 5.74) is 1.92. The fourth-order valence-corrected chi connectivity index (χ4v) is 3.40. The molecular formula is C23H23Cl2N. The third-order valence-electron chi connectivity index (χ3n) is 4.86. The fraction of sp³-hybridized carbons (Fsp3) is 0.261. The van der Waals surface area contributed by atoms with Crippen molar-refractivity contribution in [1.82, 2.24) is 0 Å². The van der Waals surface area contributed by atoms with Crippen LogP contribution in [0.3, 0.4) is 0 Å². The highest BCUT2D eigenvalue weighted by molar-refractivity contribution is 6.31. The lowest BCUT2D eigenvalue weighted by Gasteiger charge is -2.29. The number of nitrogens with zero attached hydrogens (tertiary/aromatic N) is 1. The van der Waals surface area contributed by atoms with Crippen LogP contribution in [0.25, 0.3) is 0 Å². The van der Waals surface area contributed by atoms with Gasteiger partial charge in [0.05, 0.1) is 5.54 Å². The zero-order valence-electron chi connectivity index (χ0n) is 15.1. The average molecular weight is 384 g/mol. The SMILES string of the molecule is CC1(C=NC(C)(Cc2ccccc2)c2ccc(Cl)cc2)C=CC(Cl)=CC1. The molecule has 1 aliphatic carbocycles. The van der Waals surface area contributed by atoms with E-state index >= 15 is 0 Å². The van der Waals surface area contributed by atoms with E-state index in [0.29, 0.717) is 0 Å². The minimum absolute atomic E-state index is 0.122. The lowest BCUT2D eigenvalue weighted by molar-refractivity contribution is 0.486. The van der Waals surface area contributed by atoms with Crippen molar-refractivity contribution in [2.75, 3.05) is 0 Å². The molecule has 0 radical (unpaired) electrons. The van der Waals surface area contributed by atoms with Crippen molar-refractivity contribution in [2.45, 2.75) is 32.2 Å². The minimum Gasteiger partial charge on any atom is -0.285 e. The molecule has 2 atom stereocenters. The molecule has 0 fully saturated rings. The summed E-state index contributed by atoms with van der Waals surface area (Å²) in [5.74, 6) is 0. The van der Waals surface area contributed by atoms with Gasteiger partial charge in [0.15, 0.2) is 0 Å². The largest absolute Gasteiger partial charge is 0.285 e. The molecule has 3 heteroatoms. The summed E-state index contributed by atoms with van der Waals surface area (Å²) in [7, 11) is 0. The van der Waals surface area contributed by atoms with E-state index in [4.69, 9.17) is 28.2 Å². The molecule has 2 aromatic rings. The van der Waals surface area contributed by atoms with Gasteiger partial charge in [0.1, 0.15) is 0 Å². The molecule has 3 rings (SSSR count). The summed E-state index contributed by atoms with van der Waals surface area (Å²) < 4.78 is 0. The standard InChI is InChI=1S/C23H23Cl2N/c1-22(14-12-21(25)13-15-22)17-26-23(2,16-18-6-4-3-5-7-18)19-8-10-20(24)11-9-19/h3-14,17H,15-16H2,1-2H3. The van der Waals surface area contributed by atoms with Gasteiger partial charge in [-0.05, 0) is 42.7 Å². The van der Waals surface area contributed by atoms with Gasteiger partial charge in [0.25, 0.3) is 0 Å². The summed E-state index contributed by atoms with van der Waals surface area (Å²) in [6.07, 6.45) is 9.87.